The number of thiazole rings is 1. The van der Waals surface area contributed by atoms with Crippen molar-refractivity contribution in [3.63, 3.8) is 0 Å². The van der Waals surface area contributed by atoms with E-state index in [4.69, 9.17) is 16.3 Å². The first-order chi connectivity index (χ1) is 11.7. The number of nitrogens with zero attached hydrogens (tertiary/aromatic N) is 2. The van der Waals surface area contributed by atoms with Gasteiger partial charge in [-0.2, -0.15) is 0 Å². The number of aromatic nitrogens is 2. The summed E-state index contributed by atoms with van der Waals surface area (Å²) in [5.74, 6) is -0.403. The molecule has 0 saturated carbocycles. The molecule has 0 amide bonds. The van der Waals surface area contributed by atoms with Crippen molar-refractivity contribution in [1.29, 1.82) is 0 Å². The monoisotopic (exact) mass is 376 g/mol. The van der Waals surface area contributed by atoms with Gasteiger partial charge in [-0.1, -0.05) is 29.8 Å². The van der Waals surface area contributed by atoms with E-state index < -0.39 is 5.97 Å². The van der Waals surface area contributed by atoms with E-state index in [1.54, 1.807) is 18.3 Å². The van der Waals surface area contributed by atoms with Gasteiger partial charge in [0.15, 0.2) is 0 Å². The molecule has 0 aliphatic carbocycles. The normalized spacial score (nSPS) is 10.6. The van der Waals surface area contributed by atoms with Crippen LogP contribution in [-0.4, -0.2) is 22.2 Å². The highest BCUT2D eigenvalue weighted by molar-refractivity contribution is 7.98. The first-order valence-corrected chi connectivity index (χ1v) is 9.52. The largest absolute Gasteiger partial charge is 0.455 e. The van der Waals surface area contributed by atoms with Crippen LogP contribution in [0, 0.1) is 0 Å². The number of rotatable bonds is 5. The standard InChI is InChI=1S/C17H13ClN2O2S2/c1-23-15-13(6-4-8-19-15)17(21)22-9-11-10-24-16(20-11)12-5-2-3-7-14(12)18/h2-8,10H,9H2,1H3. The van der Waals surface area contributed by atoms with Gasteiger partial charge in [0.1, 0.15) is 16.6 Å². The molecule has 0 unspecified atom stereocenters. The predicted octanol–water partition coefficient (Wildman–Crippen LogP) is 4.94. The molecule has 3 aromatic rings. The molecule has 122 valence electrons. The summed E-state index contributed by atoms with van der Waals surface area (Å²) in [6.07, 6.45) is 3.52. The summed E-state index contributed by atoms with van der Waals surface area (Å²) in [6.45, 7) is 0.114. The van der Waals surface area contributed by atoms with E-state index in [9.17, 15) is 4.79 Å². The van der Waals surface area contributed by atoms with Crippen molar-refractivity contribution in [2.45, 2.75) is 11.6 Å². The van der Waals surface area contributed by atoms with Crippen LogP contribution >= 0.6 is 34.7 Å². The molecule has 0 N–H and O–H groups in total. The second-order valence-electron chi connectivity index (χ2n) is 4.76. The molecule has 0 aliphatic heterocycles. The van der Waals surface area contributed by atoms with Gasteiger partial charge in [-0.05, 0) is 24.5 Å². The molecule has 7 heteroatoms. The number of esters is 1. The summed E-state index contributed by atoms with van der Waals surface area (Å²) in [5.41, 5.74) is 2.03. The Labute approximate surface area is 152 Å². The van der Waals surface area contributed by atoms with Crippen LogP contribution < -0.4 is 0 Å². The van der Waals surface area contributed by atoms with Crippen molar-refractivity contribution in [3.8, 4) is 10.6 Å². The van der Waals surface area contributed by atoms with Crippen LogP contribution in [0.5, 0.6) is 0 Å². The van der Waals surface area contributed by atoms with Gasteiger partial charge >= 0.3 is 5.97 Å². The first-order valence-electron chi connectivity index (χ1n) is 7.04. The van der Waals surface area contributed by atoms with Gasteiger partial charge in [0, 0.05) is 17.1 Å². The van der Waals surface area contributed by atoms with Crippen LogP contribution in [0.2, 0.25) is 5.02 Å². The lowest BCUT2D eigenvalue weighted by molar-refractivity contribution is 0.0463. The number of ether oxygens (including phenoxy) is 1. The molecule has 0 spiro atoms. The molecule has 0 aliphatic rings. The number of halogens is 1. The number of pyridine rings is 1. The molecule has 0 atom stereocenters. The second-order valence-corrected chi connectivity index (χ2v) is 6.82. The van der Waals surface area contributed by atoms with Gasteiger partial charge in [0.25, 0.3) is 0 Å². The number of carbonyl (C=O) groups is 1. The van der Waals surface area contributed by atoms with Gasteiger partial charge in [-0.3, -0.25) is 0 Å². The number of hydrogen-bond donors (Lipinski definition) is 0. The molecular formula is C17H13ClN2O2S2. The van der Waals surface area contributed by atoms with Crippen molar-refractivity contribution < 1.29 is 9.53 Å². The van der Waals surface area contributed by atoms with E-state index in [1.165, 1.54) is 23.1 Å². The Balaban J connectivity index is 1.70. The number of hydrogen-bond acceptors (Lipinski definition) is 6. The maximum absolute atomic E-state index is 12.2. The third-order valence-corrected chi connectivity index (χ3v) is 5.16. The van der Waals surface area contributed by atoms with Crippen LogP contribution in [0.15, 0.2) is 53.0 Å². The molecule has 2 aromatic heterocycles. The van der Waals surface area contributed by atoms with Crippen molar-refractivity contribution in [3.05, 3.63) is 64.3 Å². The lowest BCUT2D eigenvalue weighted by Crippen LogP contribution is -2.07. The Morgan fingerprint density at radius 3 is 2.92 bits per heavy atom. The quantitative estimate of drug-likeness (QED) is 0.466. The van der Waals surface area contributed by atoms with E-state index in [0.717, 1.165) is 10.6 Å². The molecule has 0 saturated heterocycles. The molecule has 4 nitrogen and oxygen atoms in total. The van der Waals surface area contributed by atoms with Gasteiger partial charge in [-0.15, -0.1) is 23.1 Å². The van der Waals surface area contributed by atoms with Gasteiger partial charge in [0.2, 0.25) is 0 Å². The van der Waals surface area contributed by atoms with Gasteiger partial charge in [-0.25, -0.2) is 14.8 Å². The zero-order chi connectivity index (χ0) is 16.9. The minimum Gasteiger partial charge on any atom is -0.455 e. The highest BCUT2D eigenvalue weighted by atomic mass is 35.5. The predicted molar refractivity (Wildman–Crippen MR) is 97.7 cm³/mol. The third-order valence-electron chi connectivity index (χ3n) is 3.19. The molecule has 24 heavy (non-hydrogen) atoms. The Hall–Kier alpha value is -1.89. The van der Waals surface area contributed by atoms with Crippen LogP contribution in [0.3, 0.4) is 0 Å². The van der Waals surface area contributed by atoms with E-state index in [-0.39, 0.29) is 6.61 Å². The maximum atomic E-state index is 12.2. The lowest BCUT2D eigenvalue weighted by Gasteiger charge is -2.05. The summed E-state index contributed by atoms with van der Waals surface area (Å²) in [4.78, 5) is 20.9. The summed E-state index contributed by atoms with van der Waals surface area (Å²) in [6, 6.07) is 10.9. The summed E-state index contributed by atoms with van der Waals surface area (Å²) < 4.78 is 5.35. The Bertz CT molecular complexity index is 867. The Morgan fingerprint density at radius 1 is 1.29 bits per heavy atom. The molecule has 0 bridgehead atoms. The van der Waals surface area contributed by atoms with Crippen molar-refractivity contribution in [2.24, 2.45) is 0 Å². The minimum atomic E-state index is -0.403. The highest BCUT2D eigenvalue weighted by Crippen LogP contribution is 2.30. The van der Waals surface area contributed by atoms with Crippen molar-refractivity contribution in [1.82, 2.24) is 9.97 Å². The molecule has 0 radical (unpaired) electrons. The molecule has 2 heterocycles. The summed E-state index contributed by atoms with van der Waals surface area (Å²) in [7, 11) is 0. The fourth-order valence-electron chi connectivity index (χ4n) is 2.06. The fourth-order valence-corrected chi connectivity index (χ4v) is 3.72. The van der Waals surface area contributed by atoms with E-state index in [1.807, 2.05) is 35.9 Å². The van der Waals surface area contributed by atoms with Crippen molar-refractivity contribution in [2.75, 3.05) is 6.26 Å². The molecule has 3 rings (SSSR count). The summed E-state index contributed by atoms with van der Waals surface area (Å²) in [5, 5.41) is 3.97. The topological polar surface area (TPSA) is 52.1 Å². The van der Waals surface area contributed by atoms with Crippen molar-refractivity contribution >= 4 is 40.7 Å². The van der Waals surface area contributed by atoms with Crippen LogP contribution in [0.4, 0.5) is 0 Å². The average Bonchev–Trinajstić information content (AvgIpc) is 3.08. The van der Waals surface area contributed by atoms with E-state index in [0.29, 0.717) is 21.3 Å². The van der Waals surface area contributed by atoms with E-state index >= 15 is 0 Å². The zero-order valence-corrected chi connectivity index (χ0v) is 15.1. The smallest absolute Gasteiger partial charge is 0.341 e. The van der Waals surface area contributed by atoms with E-state index in [2.05, 4.69) is 9.97 Å². The van der Waals surface area contributed by atoms with Crippen LogP contribution in [0.25, 0.3) is 10.6 Å². The highest BCUT2D eigenvalue weighted by Gasteiger charge is 2.14. The molecule has 1 aromatic carbocycles. The second kappa shape index (κ2) is 7.79. The summed E-state index contributed by atoms with van der Waals surface area (Å²) >= 11 is 9.06. The Morgan fingerprint density at radius 2 is 2.12 bits per heavy atom. The number of thioether (sulfide) groups is 1. The fraction of sp³-hybridized carbons (Fsp3) is 0.118. The molecular weight excluding hydrogens is 364 g/mol. The third kappa shape index (κ3) is 3.77. The first kappa shape index (κ1) is 17.0. The van der Waals surface area contributed by atoms with Crippen LogP contribution in [0.1, 0.15) is 16.1 Å². The van der Waals surface area contributed by atoms with Gasteiger partial charge in [0.05, 0.1) is 16.3 Å². The average molecular weight is 377 g/mol. The molecule has 0 fully saturated rings. The van der Waals surface area contributed by atoms with Crippen LogP contribution in [-0.2, 0) is 11.3 Å². The number of carbonyl (C=O) groups excluding carboxylic acids is 1. The zero-order valence-electron chi connectivity index (χ0n) is 12.7. The number of benzene rings is 1. The van der Waals surface area contributed by atoms with Gasteiger partial charge < -0.3 is 4.74 Å². The SMILES string of the molecule is CSc1ncccc1C(=O)OCc1csc(-c2ccccc2Cl)n1. The lowest BCUT2D eigenvalue weighted by atomic mass is 10.2. The minimum absolute atomic E-state index is 0.114. The maximum Gasteiger partial charge on any atom is 0.341 e. The Kier molecular flexibility index (Phi) is 5.50.